The van der Waals surface area contributed by atoms with Crippen LogP contribution in [0, 0.1) is 5.92 Å². The third kappa shape index (κ3) is 3.00. The van der Waals surface area contributed by atoms with E-state index in [2.05, 4.69) is 0 Å². The Morgan fingerprint density at radius 3 is 2.21 bits per heavy atom. The highest BCUT2D eigenvalue weighted by Gasteiger charge is 2.24. The van der Waals surface area contributed by atoms with Crippen LogP contribution in [0.1, 0.15) is 26.3 Å². The highest BCUT2D eigenvalue weighted by atomic mass is 35.5. The minimum Gasteiger partial charge on any atom is -0.390 e. The van der Waals surface area contributed by atoms with Crippen LogP contribution in [0.15, 0.2) is 24.3 Å². The molecule has 0 aliphatic heterocycles. The Balaban J connectivity index is 2.74. The van der Waals surface area contributed by atoms with Crippen LogP contribution in [-0.4, -0.2) is 10.7 Å². The van der Waals surface area contributed by atoms with E-state index in [1.807, 2.05) is 45.0 Å². The van der Waals surface area contributed by atoms with Crippen LogP contribution in [0.3, 0.4) is 0 Å². The fourth-order valence-corrected chi connectivity index (χ4v) is 1.35. The highest BCUT2D eigenvalue weighted by Crippen LogP contribution is 2.22. The first-order valence-corrected chi connectivity index (χ1v) is 5.26. The first-order chi connectivity index (χ1) is 6.42. The van der Waals surface area contributed by atoms with E-state index in [-0.39, 0.29) is 5.92 Å². The average molecular weight is 213 g/mol. The maximum absolute atomic E-state index is 10.1. The van der Waals surface area contributed by atoms with Gasteiger partial charge >= 0.3 is 0 Å². The van der Waals surface area contributed by atoms with E-state index in [9.17, 15) is 5.11 Å². The Hall–Kier alpha value is -0.530. The fraction of sp³-hybridized carbons (Fsp3) is 0.500. The molecule has 2 heteroatoms. The lowest BCUT2D eigenvalue weighted by Gasteiger charge is -2.27. The van der Waals surface area contributed by atoms with Crippen molar-refractivity contribution in [3.8, 4) is 0 Å². The molecule has 78 valence electrons. The summed E-state index contributed by atoms with van der Waals surface area (Å²) in [5, 5.41) is 10.8. The Morgan fingerprint density at radius 1 is 1.29 bits per heavy atom. The number of hydrogen-bond acceptors (Lipinski definition) is 1. The molecule has 0 amide bonds. The van der Waals surface area contributed by atoms with Crippen molar-refractivity contribution in [2.75, 3.05) is 0 Å². The summed E-state index contributed by atoms with van der Waals surface area (Å²) in [7, 11) is 0. The molecule has 1 unspecified atom stereocenters. The van der Waals surface area contributed by atoms with Gasteiger partial charge in [-0.1, -0.05) is 37.6 Å². The lowest BCUT2D eigenvalue weighted by Crippen LogP contribution is -2.33. The van der Waals surface area contributed by atoms with E-state index < -0.39 is 5.60 Å². The summed E-state index contributed by atoms with van der Waals surface area (Å²) in [5.74, 6) is 0.248. The lowest BCUT2D eigenvalue weighted by molar-refractivity contribution is 0.0140. The quantitative estimate of drug-likeness (QED) is 0.816. The Labute approximate surface area is 90.7 Å². The number of hydrogen-bond donors (Lipinski definition) is 1. The summed E-state index contributed by atoms with van der Waals surface area (Å²) in [6.45, 7) is 5.91. The molecule has 1 aromatic rings. The topological polar surface area (TPSA) is 20.2 Å². The SMILES string of the molecule is CC(C)C(C)(O)Cc1ccc(Cl)cc1. The maximum Gasteiger partial charge on any atom is 0.0682 e. The van der Waals surface area contributed by atoms with Crippen molar-refractivity contribution in [1.82, 2.24) is 0 Å². The molecule has 0 aromatic heterocycles. The largest absolute Gasteiger partial charge is 0.390 e. The van der Waals surface area contributed by atoms with Crippen molar-refractivity contribution >= 4 is 11.6 Å². The predicted octanol–water partition coefficient (Wildman–Crippen LogP) is 3.29. The number of aliphatic hydroxyl groups is 1. The molecule has 1 atom stereocenters. The molecule has 0 saturated heterocycles. The maximum atomic E-state index is 10.1. The van der Waals surface area contributed by atoms with Crippen molar-refractivity contribution in [2.45, 2.75) is 32.8 Å². The number of halogens is 1. The lowest BCUT2D eigenvalue weighted by atomic mass is 9.86. The molecule has 1 rings (SSSR count). The van der Waals surface area contributed by atoms with Crippen LogP contribution >= 0.6 is 11.6 Å². The standard InChI is InChI=1S/C12H17ClO/c1-9(2)12(3,14)8-10-4-6-11(13)7-5-10/h4-7,9,14H,8H2,1-3H3. The Morgan fingerprint density at radius 2 is 1.79 bits per heavy atom. The molecule has 1 N–H and O–H groups in total. The van der Waals surface area contributed by atoms with Crippen LogP contribution in [0.4, 0.5) is 0 Å². The summed E-state index contributed by atoms with van der Waals surface area (Å²) in [6, 6.07) is 7.62. The van der Waals surface area contributed by atoms with E-state index in [1.165, 1.54) is 0 Å². The molecule has 0 radical (unpaired) electrons. The molecule has 0 bridgehead atoms. The Bertz CT molecular complexity index is 288. The van der Waals surface area contributed by atoms with Crippen LogP contribution in [0.25, 0.3) is 0 Å². The zero-order valence-corrected chi connectivity index (χ0v) is 9.67. The zero-order valence-electron chi connectivity index (χ0n) is 8.92. The minimum atomic E-state index is -0.645. The molecule has 0 aliphatic rings. The van der Waals surface area contributed by atoms with Crippen molar-refractivity contribution in [3.63, 3.8) is 0 Å². The van der Waals surface area contributed by atoms with Gasteiger partial charge in [0.15, 0.2) is 0 Å². The molecular formula is C12H17ClO. The normalized spacial score (nSPS) is 15.6. The third-order valence-corrected chi connectivity index (χ3v) is 2.97. The first kappa shape index (κ1) is 11.5. The van der Waals surface area contributed by atoms with Gasteiger partial charge < -0.3 is 5.11 Å². The van der Waals surface area contributed by atoms with Crippen LogP contribution in [0.5, 0.6) is 0 Å². The highest BCUT2D eigenvalue weighted by molar-refractivity contribution is 6.30. The summed E-state index contributed by atoms with van der Waals surface area (Å²) in [4.78, 5) is 0. The van der Waals surface area contributed by atoms with Crippen LogP contribution in [0.2, 0.25) is 5.02 Å². The molecule has 14 heavy (non-hydrogen) atoms. The van der Waals surface area contributed by atoms with E-state index in [0.29, 0.717) is 6.42 Å². The molecule has 1 aromatic carbocycles. The van der Waals surface area contributed by atoms with E-state index in [0.717, 1.165) is 10.6 Å². The molecule has 0 fully saturated rings. The van der Waals surface area contributed by atoms with Gasteiger partial charge in [-0.25, -0.2) is 0 Å². The molecule has 1 nitrogen and oxygen atoms in total. The average Bonchev–Trinajstić information content (AvgIpc) is 2.08. The second kappa shape index (κ2) is 4.33. The minimum absolute atomic E-state index is 0.248. The fourth-order valence-electron chi connectivity index (χ4n) is 1.22. The van der Waals surface area contributed by atoms with Gasteiger partial charge in [-0.3, -0.25) is 0 Å². The molecule has 0 saturated carbocycles. The van der Waals surface area contributed by atoms with Gasteiger partial charge in [0.05, 0.1) is 5.60 Å². The second-order valence-electron chi connectivity index (χ2n) is 4.32. The van der Waals surface area contributed by atoms with E-state index >= 15 is 0 Å². The van der Waals surface area contributed by atoms with Gasteiger partial charge in [0.25, 0.3) is 0 Å². The summed E-state index contributed by atoms with van der Waals surface area (Å²) in [6.07, 6.45) is 0.668. The molecular weight excluding hydrogens is 196 g/mol. The molecule has 0 heterocycles. The smallest absolute Gasteiger partial charge is 0.0682 e. The van der Waals surface area contributed by atoms with Gasteiger partial charge in [0, 0.05) is 11.4 Å². The van der Waals surface area contributed by atoms with Crippen molar-refractivity contribution in [3.05, 3.63) is 34.9 Å². The monoisotopic (exact) mass is 212 g/mol. The second-order valence-corrected chi connectivity index (χ2v) is 4.75. The van der Waals surface area contributed by atoms with Gasteiger partial charge in [-0.2, -0.15) is 0 Å². The summed E-state index contributed by atoms with van der Waals surface area (Å²) < 4.78 is 0. The molecule has 0 spiro atoms. The Kier molecular flexibility index (Phi) is 3.57. The van der Waals surface area contributed by atoms with E-state index in [4.69, 9.17) is 11.6 Å². The van der Waals surface area contributed by atoms with Crippen molar-refractivity contribution in [2.24, 2.45) is 5.92 Å². The van der Waals surface area contributed by atoms with Gasteiger partial charge in [0.2, 0.25) is 0 Å². The number of rotatable bonds is 3. The van der Waals surface area contributed by atoms with Gasteiger partial charge in [0.1, 0.15) is 0 Å². The van der Waals surface area contributed by atoms with Crippen LogP contribution in [-0.2, 0) is 6.42 Å². The summed E-state index contributed by atoms with van der Waals surface area (Å²) >= 11 is 5.78. The van der Waals surface area contributed by atoms with Crippen molar-refractivity contribution < 1.29 is 5.11 Å². The molecule has 0 aliphatic carbocycles. The third-order valence-electron chi connectivity index (χ3n) is 2.72. The first-order valence-electron chi connectivity index (χ1n) is 4.88. The van der Waals surface area contributed by atoms with Gasteiger partial charge in [-0.15, -0.1) is 0 Å². The van der Waals surface area contributed by atoms with Crippen molar-refractivity contribution in [1.29, 1.82) is 0 Å². The van der Waals surface area contributed by atoms with Gasteiger partial charge in [-0.05, 0) is 30.5 Å². The van der Waals surface area contributed by atoms with Crippen LogP contribution < -0.4 is 0 Å². The number of benzene rings is 1. The zero-order chi connectivity index (χ0) is 10.8. The predicted molar refractivity (Wildman–Crippen MR) is 60.6 cm³/mol. The summed E-state index contributed by atoms with van der Waals surface area (Å²) in [5.41, 5.74) is 0.474. The van der Waals surface area contributed by atoms with E-state index in [1.54, 1.807) is 0 Å².